The van der Waals surface area contributed by atoms with Crippen LogP contribution in [0.15, 0.2) is 95.9 Å². The molecule has 10 heteroatoms. The van der Waals surface area contributed by atoms with E-state index in [1.54, 1.807) is 43.3 Å². The highest BCUT2D eigenvalue weighted by atomic mass is 35.5. The van der Waals surface area contributed by atoms with Crippen LogP contribution in [0.5, 0.6) is 0 Å². The van der Waals surface area contributed by atoms with E-state index in [9.17, 15) is 9.59 Å². The Morgan fingerprint density at radius 3 is 2.45 bits per heavy atom. The van der Waals surface area contributed by atoms with Crippen LogP contribution in [0.3, 0.4) is 0 Å². The number of nitrogens with zero attached hydrogens (tertiary/aromatic N) is 5. The summed E-state index contributed by atoms with van der Waals surface area (Å²) < 4.78 is 2.92. The molecule has 0 spiro atoms. The molecule has 186 valence electrons. The van der Waals surface area contributed by atoms with Crippen molar-refractivity contribution in [3.8, 4) is 22.8 Å². The summed E-state index contributed by atoms with van der Waals surface area (Å²) in [5.74, 6) is 0.170. The molecule has 0 atom stereocenters. The van der Waals surface area contributed by atoms with Crippen molar-refractivity contribution >= 4 is 34.4 Å². The number of fused-ring (bicyclic) bond motifs is 1. The highest BCUT2D eigenvalue weighted by Crippen LogP contribution is 2.22. The Bertz CT molecular complexity index is 1850. The fraction of sp³-hybridized carbons (Fsp3) is 0.0357. The highest BCUT2D eigenvalue weighted by molar-refractivity contribution is 6.30. The molecule has 0 fully saturated rings. The quantitative estimate of drug-likeness (QED) is 0.325. The number of nitrogens with one attached hydrogen (secondary N) is 2. The van der Waals surface area contributed by atoms with Gasteiger partial charge < -0.3 is 5.32 Å². The molecule has 0 saturated carbocycles. The van der Waals surface area contributed by atoms with Crippen LogP contribution in [0.2, 0.25) is 5.02 Å². The molecule has 9 nitrogen and oxygen atoms in total. The van der Waals surface area contributed by atoms with E-state index in [1.165, 1.54) is 15.6 Å². The Balaban J connectivity index is 1.34. The zero-order valence-corrected chi connectivity index (χ0v) is 20.8. The maximum absolute atomic E-state index is 13.1. The first-order valence-corrected chi connectivity index (χ1v) is 12.1. The molecule has 0 radical (unpaired) electrons. The number of carbonyl (C=O) groups is 1. The Kier molecular flexibility index (Phi) is 5.82. The third kappa shape index (κ3) is 4.35. The number of rotatable bonds is 5. The average molecular weight is 522 g/mol. The van der Waals surface area contributed by atoms with Crippen LogP contribution in [-0.2, 0) is 0 Å². The van der Waals surface area contributed by atoms with Gasteiger partial charge in [-0.15, -0.1) is 0 Å². The predicted molar refractivity (Wildman–Crippen MR) is 146 cm³/mol. The van der Waals surface area contributed by atoms with Crippen molar-refractivity contribution in [2.24, 2.45) is 0 Å². The molecule has 3 aromatic heterocycles. The number of anilines is 1. The number of amides is 1. The van der Waals surface area contributed by atoms with Crippen molar-refractivity contribution in [1.82, 2.24) is 29.5 Å². The fourth-order valence-corrected chi connectivity index (χ4v) is 4.37. The normalized spacial score (nSPS) is 11.1. The maximum Gasteiger partial charge on any atom is 0.263 e. The van der Waals surface area contributed by atoms with Gasteiger partial charge in [-0.2, -0.15) is 19.9 Å². The number of halogens is 1. The molecule has 0 aliphatic rings. The molecular formula is C28H20ClN7O2. The third-order valence-electron chi connectivity index (χ3n) is 6.01. The van der Waals surface area contributed by atoms with Crippen LogP contribution in [0.4, 0.5) is 5.82 Å². The van der Waals surface area contributed by atoms with Gasteiger partial charge in [0, 0.05) is 16.7 Å². The molecule has 6 aromatic rings. The monoisotopic (exact) mass is 521 g/mol. The van der Waals surface area contributed by atoms with Crippen LogP contribution in [0.25, 0.3) is 33.8 Å². The highest BCUT2D eigenvalue weighted by Gasteiger charge is 2.17. The van der Waals surface area contributed by atoms with Crippen LogP contribution in [-0.4, -0.2) is 35.4 Å². The lowest BCUT2D eigenvalue weighted by molar-refractivity contribution is 0.102. The van der Waals surface area contributed by atoms with E-state index in [2.05, 4.69) is 25.5 Å². The van der Waals surface area contributed by atoms with Crippen molar-refractivity contribution in [2.75, 3.05) is 5.32 Å². The van der Waals surface area contributed by atoms with Gasteiger partial charge in [-0.25, -0.2) is 4.68 Å². The minimum absolute atomic E-state index is 0.133. The largest absolute Gasteiger partial charge is 0.306 e. The first-order chi connectivity index (χ1) is 18.5. The van der Waals surface area contributed by atoms with Gasteiger partial charge in [0.15, 0.2) is 5.65 Å². The standard InChI is InChI=1S/C28H20ClN7O2/c1-17-14-24(31-26(37)20-12-10-19(11-13-20)18-6-3-2-4-7-18)36(34-17)28-32-25-23(27(38)33-28)16-30-35(25)22-9-5-8-21(29)15-22/h2-16H,1H3,(H,31,37)(H,32,33,38). The smallest absolute Gasteiger partial charge is 0.263 e. The second-order valence-electron chi connectivity index (χ2n) is 8.64. The van der Waals surface area contributed by atoms with E-state index in [-0.39, 0.29) is 17.4 Å². The number of aromatic amines is 1. The minimum atomic E-state index is -0.389. The maximum atomic E-state index is 13.1. The number of hydrogen-bond acceptors (Lipinski definition) is 5. The molecule has 6 rings (SSSR count). The van der Waals surface area contributed by atoms with Crippen molar-refractivity contribution in [3.63, 3.8) is 0 Å². The molecule has 0 aliphatic carbocycles. The van der Waals surface area contributed by atoms with E-state index >= 15 is 0 Å². The van der Waals surface area contributed by atoms with Crippen molar-refractivity contribution in [3.05, 3.63) is 118 Å². The topological polar surface area (TPSA) is 110 Å². The van der Waals surface area contributed by atoms with Crippen molar-refractivity contribution in [1.29, 1.82) is 0 Å². The van der Waals surface area contributed by atoms with Crippen molar-refractivity contribution < 1.29 is 4.79 Å². The van der Waals surface area contributed by atoms with Gasteiger partial charge in [-0.05, 0) is 48.4 Å². The predicted octanol–water partition coefficient (Wildman–Crippen LogP) is 5.18. The van der Waals surface area contributed by atoms with Crippen LogP contribution in [0, 0.1) is 6.92 Å². The van der Waals surface area contributed by atoms with Gasteiger partial charge in [0.05, 0.1) is 17.6 Å². The molecule has 0 aliphatic heterocycles. The molecular weight excluding hydrogens is 502 g/mol. The Hall–Kier alpha value is -5.02. The molecule has 1 amide bonds. The Labute approximate surface area is 221 Å². The second kappa shape index (κ2) is 9.45. The number of aromatic nitrogens is 6. The average Bonchev–Trinajstić information content (AvgIpc) is 3.53. The zero-order valence-electron chi connectivity index (χ0n) is 20.1. The second-order valence-corrected chi connectivity index (χ2v) is 9.08. The van der Waals surface area contributed by atoms with Gasteiger partial charge in [0.25, 0.3) is 11.5 Å². The van der Waals surface area contributed by atoms with E-state index in [0.717, 1.165) is 11.1 Å². The van der Waals surface area contributed by atoms with Gasteiger partial charge in [-0.3, -0.25) is 14.6 Å². The van der Waals surface area contributed by atoms with Crippen LogP contribution < -0.4 is 10.9 Å². The molecule has 3 aromatic carbocycles. The molecule has 3 heterocycles. The minimum Gasteiger partial charge on any atom is -0.306 e. The van der Waals surface area contributed by atoms with E-state index in [4.69, 9.17) is 11.6 Å². The summed E-state index contributed by atoms with van der Waals surface area (Å²) in [6.07, 6.45) is 1.45. The van der Waals surface area contributed by atoms with Crippen molar-refractivity contribution in [2.45, 2.75) is 6.92 Å². The number of H-pyrrole nitrogens is 1. The first kappa shape index (κ1) is 23.4. The van der Waals surface area contributed by atoms with Gasteiger partial charge >= 0.3 is 0 Å². The summed E-state index contributed by atoms with van der Waals surface area (Å²) in [7, 11) is 0. The van der Waals surface area contributed by atoms with Gasteiger partial charge in [0.1, 0.15) is 11.2 Å². The fourth-order valence-electron chi connectivity index (χ4n) is 4.19. The van der Waals surface area contributed by atoms with E-state index in [1.807, 2.05) is 48.5 Å². The number of carbonyl (C=O) groups excluding carboxylic acids is 1. The summed E-state index contributed by atoms with van der Waals surface area (Å²) in [6.45, 7) is 1.79. The van der Waals surface area contributed by atoms with Gasteiger partial charge in [-0.1, -0.05) is 60.1 Å². The first-order valence-electron chi connectivity index (χ1n) is 11.7. The SMILES string of the molecule is Cc1cc(NC(=O)c2ccc(-c3ccccc3)cc2)n(-c2nc3c(cnn3-c3cccc(Cl)c3)c(=O)[nH]2)n1. The number of benzene rings is 3. The summed E-state index contributed by atoms with van der Waals surface area (Å²) in [5.41, 5.74) is 3.77. The Morgan fingerprint density at radius 1 is 0.921 bits per heavy atom. The summed E-state index contributed by atoms with van der Waals surface area (Å²) in [5, 5.41) is 12.5. The third-order valence-corrected chi connectivity index (χ3v) is 6.24. The lowest BCUT2D eigenvalue weighted by Gasteiger charge is -2.09. The lowest BCUT2D eigenvalue weighted by Crippen LogP contribution is -2.19. The van der Waals surface area contributed by atoms with Gasteiger partial charge in [0.2, 0.25) is 5.95 Å². The lowest BCUT2D eigenvalue weighted by atomic mass is 10.0. The molecule has 0 bridgehead atoms. The Morgan fingerprint density at radius 2 is 1.68 bits per heavy atom. The number of hydrogen-bond donors (Lipinski definition) is 2. The zero-order chi connectivity index (χ0) is 26.2. The van der Waals surface area contributed by atoms with E-state index in [0.29, 0.717) is 38.8 Å². The van der Waals surface area contributed by atoms with Crippen LogP contribution in [0.1, 0.15) is 16.1 Å². The van der Waals surface area contributed by atoms with E-state index < -0.39 is 0 Å². The molecule has 38 heavy (non-hydrogen) atoms. The molecule has 2 N–H and O–H groups in total. The summed E-state index contributed by atoms with van der Waals surface area (Å²) >= 11 is 6.15. The summed E-state index contributed by atoms with van der Waals surface area (Å²) in [4.78, 5) is 33.3. The molecule has 0 unspecified atom stereocenters. The summed E-state index contributed by atoms with van der Waals surface area (Å²) in [6, 6.07) is 26.0. The molecule has 0 saturated heterocycles. The number of aryl methyl sites for hydroxylation is 1. The van der Waals surface area contributed by atoms with Crippen LogP contribution >= 0.6 is 11.6 Å².